The summed E-state index contributed by atoms with van der Waals surface area (Å²) in [6.07, 6.45) is 3.98. The number of aldehydes is 1. The normalized spacial score (nSPS) is 10.4. The largest absolute Gasteiger partial charge is 0.480 e. The lowest BCUT2D eigenvalue weighted by Crippen LogP contribution is -2.11. The smallest absolute Gasteiger partial charge is 0.325 e. The zero-order valence-corrected chi connectivity index (χ0v) is 12.0. The van der Waals surface area contributed by atoms with Crippen molar-refractivity contribution in [2.75, 3.05) is 0 Å². The molecule has 0 radical (unpaired) electrons. The van der Waals surface area contributed by atoms with Crippen LogP contribution >= 0.6 is 0 Å². The predicted octanol–water partition coefficient (Wildman–Crippen LogP) is 1.90. The molecule has 0 fully saturated rings. The van der Waals surface area contributed by atoms with Crippen molar-refractivity contribution in [1.82, 2.24) is 20.0 Å². The SMILES string of the molecule is O=Cc1cccc(-c2c(-c3ccncc3)nnn2CC(=O)O)c1. The van der Waals surface area contributed by atoms with Gasteiger partial charge in [0.25, 0.3) is 0 Å². The Morgan fingerprint density at radius 2 is 1.96 bits per heavy atom. The third-order valence-corrected chi connectivity index (χ3v) is 3.27. The van der Waals surface area contributed by atoms with Crippen LogP contribution in [0.4, 0.5) is 0 Å². The van der Waals surface area contributed by atoms with Gasteiger partial charge in [-0.05, 0) is 18.2 Å². The molecule has 0 atom stereocenters. The van der Waals surface area contributed by atoms with Gasteiger partial charge in [-0.3, -0.25) is 14.6 Å². The molecule has 0 unspecified atom stereocenters. The van der Waals surface area contributed by atoms with Gasteiger partial charge in [-0.15, -0.1) is 5.10 Å². The molecule has 0 aliphatic carbocycles. The van der Waals surface area contributed by atoms with Gasteiger partial charge in [-0.1, -0.05) is 23.4 Å². The molecule has 7 nitrogen and oxygen atoms in total. The van der Waals surface area contributed by atoms with E-state index in [1.807, 2.05) is 0 Å². The number of carboxylic acids is 1. The number of nitrogens with zero attached hydrogens (tertiary/aromatic N) is 4. The molecule has 3 aromatic rings. The lowest BCUT2D eigenvalue weighted by molar-refractivity contribution is -0.137. The number of hydrogen-bond donors (Lipinski definition) is 1. The van der Waals surface area contributed by atoms with E-state index in [2.05, 4.69) is 15.3 Å². The molecule has 0 amide bonds. The van der Waals surface area contributed by atoms with Gasteiger partial charge in [-0.25, -0.2) is 4.68 Å². The number of carbonyl (C=O) groups is 2. The molecule has 114 valence electrons. The van der Waals surface area contributed by atoms with Crippen molar-refractivity contribution in [2.24, 2.45) is 0 Å². The minimum Gasteiger partial charge on any atom is -0.480 e. The first kappa shape index (κ1) is 14.6. The average molecular weight is 308 g/mol. The first-order chi connectivity index (χ1) is 11.2. The first-order valence-corrected chi connectivity index (χ1v) is 6.80. The van der Waals surface area contributed by atoms with Gasteiger partial charge in [0.05, 0.1) is 5.69 Å². The summed E-state index contributed by atoms with van der Waals surface area (Å²) < 4.78 is 1.31. The molecule has 0 aliphatic rings. The highest BCUT2D eigenvalue weighted by Gasteiger charge is 2.18. The van der Waals surface area contributed by atoms with Crippen molar-refractivity contribution in [3.8, 4) is 22.5 Å². The summed E-state index contributed by atoms with van der Waals surface area (Å²) in [5.74, 6) is -1.02. The van der Waals surface area contributed by atoms with Crippen molar-refractivity contribution < 1.29 is 14.7 Å². The number of hydrogen-bond acceptors (Lipinski definition) is 5. The van der Waals surface area contributed by atoms with Gasteiger partial charge in [0.1, 0.15) is 18.5 Å². The molecular weight excluding hydrogens is 296 g/mol. The van der Waals surface area contributed by atoms with E-state index < -0.39 is 5.97 Å². The second kappa shape index (κ2) is 6.18. The standard InChI is InChI=1S/C16H12N4O3/c21-10-11-2-1-3-13(8-11)16-15(12-4-6-17-7-5-12)18-19-20(16)9-14(22)23/h1-8,10H,9H2,(H,22,23). The molecule has 2 aromatic heterocycles. The second-order valence-electron chi connectivity index (χ2n) is 4.82. The minimum absolute atomic E-state index is 0.321. The molecule has 0 aliphatic heterocycles. The van der Waals surface area contributed by atoms with E-state index in [-0.39, 0.29) is 6.54 Å². The Kier molecular flexibility index (Phi) is 3.92. The zero-order valence-electron chi connectivity index (χ0n) is 12.0. The Balaban J connectivity index is 2.20. The first-order valence-electron chi connectivity index (χ1n) is 6.80. The van der Waals surface area contributed by atoms with Gasteiger partial charge in [0.15, 0.2) is 0 Å². The highest BCUT2D eigenvalue weighted by atomic mass is 16.4. The number of rotatable bonds is 5. The van der Waals surface area contributed by atoms with Crippen LogP contribution in [0, 0.1) is 0 Å². The van der Waals surface area contributed by atoms with Crippen molar-refractivity contribution in [3.05, 3.63) is 54.4 Å². The lowest BCUT2D eigenvalue weighted by atomic mass is 10.0. The summed E-state index contributed by atoms with van der Waals surface area (Å²) in [7, 11) is 0. The van der Waals surface area contributed by atoms with Crippen LogP contribution in [0.25, 0.3) is 22.5 Å². The molecule has 3 rings (SSSR count). The van der Waals surface area contributed by atoms with E-state index in [1.165, 1.54) is 4.68 Å². The maximum atomic E-state index is 11.1. The van der Waals surface area contributed by atoms with Crippen molar-refractivity contribution in [2.45, 2.75) is 6.54 Å². The van der Waals surface area contributed by atoms with Crippen LogP contribution in [0.5, 0.6) is 0 Å². The number of aromatic nitrogens is 4. The fourth-order valence-corrected chi connectivity index (χ4v) is 2.30. The van der Waals surface area contributed by atoms with Crippen LogP contribution < -0.4 is 0 Å². The highest BCUT2D eigenvalue weighted by Crippen LogP contribution is 2.30. The maximum Gasteiger partial charge on any atom is 0.325 e. The molecule has 0 saturated carbocycles. The Bertz CT molecular complexity index is 859. The fourth-order valence-electron chi connectivity index (χ4n) is 2.30. The summed E-state index contributed by atoms with van der Waals surface area (Å²) in [6, 6.07) is 10.4. The van der Waals surface area contributed by atoms with Gasteiger partial charge >= 0.3 is 5.97 Å². The van der Waals surface area contributed by atoms with E-state index in [0.717, 1.165) is 11.8 Å². The topological polar surface area (TPSA) is 98.0 Å². The van der Waals surface area contributed by atoms with E-state index in [1.54, 1.807) is 48.8 Å². The van der Waals surface area contributed by atoms with Crippen molar-refractivity contribution in [1.29, 1.82) is 0 Å². The lowest BCUT2D eigenvalue weighted by Gasteiger charge is -2.07. The van der Waals surface area contributed by atoms with Crippen LogP contribution in [0.15, 0.2) is 48.8 Å². The Labute approximate surface area is 131 Å². The number of benzene rings is 1. The number of aliphatic carboxylic acids is 1. The summed E-state index contributed by atoms with van der Waals surface area (Å²) >= 11 is 0. The van der Waals surface area contributed by atoms with Crippen LogP contribution in [-0.4, -0.2) is 37.3 Å². The van der Waals surface area contributed by atoms with Crippen molar-refractivity contribution in [3.63, 3.8) is 0 Å². The van der Waals surface area contributed by atoms with Crippen LogP contribution in [-0.2, 0) is 11.3 Å². The highest BCUT2D eigenvalue weighted by molar-refractivity contribution is 5.83. The Morgan fingerprint density at radius 1 is 1.17 bits per heavy atom. The van der Waals surface area contributed by atoms with Gasteiger partial charge in [-0.2, -0.15) is 0 Å². The van der Waals surface area contributed by atoms with Crippen LogP contribution in [0.1, 0.15) is 10.4 Å². The maximum absolute atomic E-state index is 11.1. The Hall–Kier alpha value is -3.35. The molecule has 1 N–H and O–H groups in total. The number of carboxylic acid groups (broad SMARTS) is 1. The van der Waals surface area contributed by atoms with Crippen LogP contribution in [0.3, 0.4) is 0 Å². The zero-order chi connectivity index (χ0) is 16.2. The quantitative estimate of drug-likeness (QED) is 0.723. The third-order valence-electron chi connectivity index (χ3n) is 3.27. The molecular formula is C16H12N4O3. The van der Waals surface area contributed by atoms with E-state index >= 15 is 0 Å². The fraction of sp³-hybridized carbons (Fsp3) is 0.0625. The monoisotopic (exact) mass is 308 g/mol. The van der Waals surface area contributed by atoms with Crippen LogP contribution in [0.2, 0.25) is 0 Å². The minimum atomic E-state index is -1.02. The number of carbonyl (C=O) groups excluding carboxylic acids is 1. The molecule has 0 spiro atoms. The summed E-state index contributed by atoms with van der Waals surface area (Å²) in [4.78, 5) is 26.0. The van der Waals surface area contributed by atoms with Gasteiger partial charge in [0.2, 0.25) is 0 Å². The summed E-state index contributed by atoms with van der Waals surface area (Å²) in [5.41, 5.74) is 3.01. The summed E-state index contributed by atoms with van der Waals surface area (Å²) in [5, 5.41) is 17.1. The van der Waals surface area contributed by atoms with E-state index in [9.17, 15) is 9.59 Å². The van der Waals surface area contributed by atoms with Crippen molar-refractivity contribution >= 4 is 12.3 Å². The van der Waals surface area contributed by atoms with Gasteiger partial charge in [0, 0.05) is 29.1 Å². The predicted molar refractivity (Wildman–Crippen MR) is 81.7 cm³/mol. The third kappa shape index (κ3) is 2.98. The molecule has 2 heterocycles. The molecule has 23 heavy (non-hydrogen) atoms. The number of pyridine rings is 1. The molecule has 1 aromatic carbocycles. The van der Waals surface area contributed by atoms with E-state index in [0.29, 0.717) is 22.5 Å². The second-order valence-corrected chi connectivity index (χ2v) is 4.82. The molecule has 7 heteroatoms. The molecule has 0 saturated heterocycles. The average Bonchev–Trinajstić information content (AvgIpc) is 2.98. The van der Waals surface area contributed by atoms with Gasteiger partial charge < -0.3 is 5.11 Å². The summed E-state index contributed by atoms with van der Waals surface area (Å²) in [6.45, 7) is -0.321. The van der Waals surface area contributed by atoms with E-state index in [4.69, 9.17) is 5.11 Å². The Morgan fingerprint density at radius 3 is 2.65 bits per heavy atom. The molecule has 0 bridgehead atoms.